The lowest BCUT2D eigenvalue weighted by molar-refractivity contribution is 0.390. The van der Waals surface area contributed by atoms with E-state index in [-0.39, 0.29) is 12.4 Å². The third-order valence-electron chi connectivity index (χ3n) is 3.45. The predicted octanol–water partition coefficient (Wildman–Crippen LogP) is 3.39. The van der Waals surface area contributed by atoms with Gasteiger partial charge in [0.25, 0.3) is 0 Å². The Morgan fingerprint density at radius 2 is 2.00 bits per heavy atom. The number of amidine groups is 1. The number of aliphatic imine (C=N–C) groups is 1. The highest BCUT2D eigenvalue weighted by atomic mass is 35.5. The van der Waals surface area contributed by atoms with Crippen LogP contribution in [-0.4, -0.2) is 12.4 Å². The quantitative estimate of drug-likeness (QED) is 0.793. The lowest BCUT2D eigenvalue weighted by Crippen LogP contribution is -2.25. The standard InChI is InChI=1S/C12H24N2.ClH/c1-3-10(4-2)9-11-7-5-6-8-14-12(11)13;/h10-11H,3-9H2,1-2H3,(H2,13,14);1H. The second-order valence-corrected chi connectivity index (χ2v) is 4.42. The maximum absolute atomic E-state index is 5.99. The third-order valence-corrected chi connectivity index (χ3v) is 3.45. The van der Waals surface area contributed by atoms with E-state index in [0.29, 0.717) is 5.92 Å². The second kappa shape index (κ2) is 7.98. The minimum absolute atomic E-state index is 0. The minimum atomic E-state index is 0. The molecule has 90 valence electrons. The summed E-state index contributed by atoms with van der Waals surface area (Å²) in [5.41, 5.74) is 5.99. The first-order valence-corrected chi connectivity index (χ1v) is 6.07. The van der Waals surface area contributed by atoms with Crippen molar-refractivity contribution in [2.45, 2.75) is 52.4 Å². The first-order chi connectivity index (χ1) is 6.77. The van der Waals surface area contributed by atoms with E-state index in [1.165, 1.54) is 38.5 Å². The monoisotopic (exact) mass is 232 g/mol. The molecule has 1 aliphatic rings. The van der Waals surface area contributed by atoms with Crippen molar-refractivity contribution in [3.05, 3.63) is 0 Å². The van der Waals surface area contributed by atoms with Crippen LogP contribution in [0.5, 0.6) is 0 Å². The summed E-state index contributed by atoms with van der Waals surface area (Å²) in [5.74, 6) is 2.34. The van der Waals surface area contributed by atoms with Crippen molar-refractivity contribution in [2.24, 2.45) is 22.6 Å². The Labute approximate surface area is 100 Å². The summed E-state index contributed by atoms with van der Waals surface area (Å²) in [6, 6.07) is 0. The van der Waals surface area contributed by atoms with Crippen LogP contribution in [0.4, 0.5) is 0 Å². The Bertz CT molecular complexity index is 188. The van der Waals surface area contributed by atoms with Crippen molar-refractivity contribution in [3.63, 3.8) is 0 Å². The molecule has 2 nitrogen and oxygen atoms in total. The van der Waals surface area contributed by atoms with Crippen molar-refractivity contribution in [2.75, 3.05) is 6.54 Å². The summed E-state index contributed by atoms with van der Waals surface area (Å²) in [5, 5.41) is 0. The number of nitrogens with zero attached hydrogens (tertiary/aromatic N) is 1. The molecular formula is C12H25ClN2. The van der Waals surface area contributed by atoms with Gasteiger partial charge in [-0.15, -0.1) is 12.4 Å². The molecule has 0 aliphatic carbocycles. The van der Waals surface area contributed by atoms with Gasteiger partial charge in [-0.3, -0.25) is 4.99 Å². The lowest BCUT2D eigenvalue weighted by atomic mass is 9.87. The van der Waals surface area contributed by atoms with Crippen LogP contribution in [0.3, 0.4) is 0 Å². The minimum Gasteiger partial charge on any atom is -0.387 e. The van der Waals surface area contributed by atoms with Crippen molar-refractivity contribution in [1.29, 1.82) is 0 Å². The fraction of sp³-hybridized carbons (Fsp3) is 0.917. The first kappa shape index (κ1) is 14.8. The molecule has 0 aromatic carbocycles. The van der Waals surface area contributed by atoms with Gasteiger partial charge in [0.15, 0.2) is 0 Å². The molecule has 0 amide bonds. The average molecular weight is 233 g/mol. The fourth-order valence-electron chi connectivity index (χ4n) is 2.25. The van der Waals surface area contributed by atoms with Gasteiger partial charge in [0.05, 0.1) is 5.84 Å². The van der Waals surface area contributed by atoms with E-state index in [0.717, 1.165) is 18.3 Å². The van der Waals surface area contributed by atoms with E-state index in [1.807, 2.05) is 0 Å². The van der Waals surface area contributed by atoms with Crippen LogP contribution in [0.15, 0.2) is 4.99 Å². The summed E-state index contributed by atoms with van der Waals surface area (Å²) in [4.78, 5) is 4.42. The van der Waals surface area contributed by atoms with Gasteiger partial charge < -0.3 is 5.73 Å². The molecule has 1 unspecified atom stereocenters. The predicted molar refractivity (Wildman–Crippen MR) is 69.8 cm³/mol. The van der Waals surface area contributed by atoms with Crippen LogP contribution in [0.25, 0.3) is 0 Å². The number of nitrogens with two attached hydrogens (primary N) is 1. The van der Waals surface area contributed by atoms with E-state index in [9.17, 15) is 0 Å². The van der Waals surface area contributed by atoms with Crippen LogP contribution in [-0.2, 0) is 0 Å². The van der Waals surface area contributed by atoms with Gasteiger partial charge in [0.1, 0.15) is 0 Å². The number of hydrogen-bond acceptors (Lipinski definition) is 2. The van der Waals surface area contributed by atoms with Gasteiger partial charge in [0.2, 0.25) is 0 Å². The summed E-state index contributed by atoms with van der Waals surface area (Å²) in [7, 11) is 0. The molecule has 0 saturated heterocycles. The molecule has 0 aromatic rings. The zero-order chi connectivity index (χ0) is 10.4. The molecular weight excluding hydrogens is 208 g/mol. The molecule has 0 spiro atoms. The van der Waals surface area contributed by atoms with Crippen LogP contribution in [0, 0.1) is 11.8 Å². The number of rotatable bonds is 4. The maximum Gasteiger partial charge on any atom is 0.0968 e. The molecule has 1 heterocycles. The van der Waals surface area contributed by atoms with Crippen LogP contribution in [0.2, 0.25) is 0 Å². The lowest BCUT2D eigenvalue weighted by Gasteiger charge is -2.20. The molecule has 1 atom stereocenters. The Morgan fingerprint density at radius 3 is 2.60 bits per heavy atom. The first-order valence-electron chi connectivity index (χ1n) is 6.07. The third kappa shape index (κ3) is 4.87. The Morgan fingerprint density at radius 1 is 1.33 bits per heavy atom. The van der Waals surface area contributed by atoms with Gasteiger partial charge in [-0.25, -0.2) is 0 Å². The van der Waals surface area contributed by atoms with Crippen molar-refractivity contribution >= 4 is 18.2 Å². The highest BCUT2D eigenvalue weighted by Crippen LogP contribution is 2.24. The van der Waals surface area contributed by atoms with Gasteiger partial charge in [0, 0.05) is 12.5 Å². The van der Waals surface area contributed by atoms with E-state index in [1.54, 1.807) is 0 Å². The molecule has 1 rings (SSSR count). The Hall–Kier alpha value is -0.240. The molecule has 15 heavy (non-hydrogen) atoms. The number of hydrogen-bond donors (Lipinski definition) is 1. The Balaban J connectivity index is 0.00000196. The van der Waals surface area contributed by atoms with Gasteiger partial charge >= 0.3 is 0 Å². The van der Waals surface area contributed by atoms with Gasteiger partial charge in [-0.1, -0.05) is 33.1 Å². The molecule has 1 aliphatic heterocycles. The SMILES string of the molecule is CCC(CC)CC1CCCCN=C1N.Cl. The summed E-state index contributed by atoms with van der Waals surface area (Å²) in [6.07, 6.45) is 7.59. The van der Waals surface area contributed by atoms with Crippen LogP contribution in [0.1, 0.15) is 52.4 Å². The molecule has 2 N–H and O–H groups in total. The van der Waals surface area contributed by atoms with E-state index < -0.39 is 0 Å². The van der Waals surface area contributed by atoms with Crippen LogP contribution >= 0.6 is 12.4 Å². The summed E-state index contributed by atoms with van der Waals surface area (Å²) >= 11 is 0. The summed E-state index contributed by atoms with van der Waals surface area (Å²) in [6.45, 7) is 5.50. The van der Waals surface area contributed by atoms with Crippen molar-refractivity contribution < 1.29 is 0 Å². The maximum atomic E-state index is 5.99. The van der Waals surface area contributed by atoms with Crippen molar-refractivity contribution in [3.8, 4) is 0 Å². The van der Waals surface area contributed by atoms with Crippen LogP contribution < -0.4 is 5.73 Å². The highest BCUT2D eigenvalue weighted by Gasteiger charge is 2.18. The molecule has 3 heteroatoms. The summed E-state index contributed by atoms with van der Waals surface area (Å²) < 4.78 is 0. The smallest absolute Gasteiger partial charge is 0.0968 e. The average Bonchev–Trinajstić information content (AvgIpc) is 2.40. The topological polar surface area (TPSA) is 38.4 Å². The molecule has 0 radical (unpaired) electrons. The molecule has 0 saturated carbocycles. The normalized spacial score (nSPS) is 21.8. The van der Waals surface area contributed by atoms with Crippen molar-refractivity contribution in [1.82, 2.24) is 0 Å². The van der Waals surface area contributed by atoms with E-state index in [2.05, 4.69) is 18.8 Å². The zero-order valence-corrected chi connectivity index (χ0v) is 10.9. The molecule has 0 aromatic heterocycles. The molecule has 0 fully saturated rings. The van der Waals surface area contributed by atoms with E-state index in [4.69, 9.17) is 5.73 Å². The molecule has 0 bridgehead atoms. The second-order valence-electron chi connectivity index (χ2n) is 4.42. The highest BCUT2D eigenvalue weighted by molar-refractivity contribution is 5.85. The number of halogens is 1. The van der Waals surface area contributed by atoms with Gasteiger partial charge in [-0.2, -0.15) is 0 Å². The fourth-order valence-corrected chi connectivity index (χ4v) is 2.25. The van der Waals surface area contributed by atoms with E-state index >= 15 is 0 Å². The largest absolute Gasteiger partial charge is 0.387 e. The Kier molecular flexibility index (Phi) is 7.85. The zero-order valence-electron chi connectivity index (χ0n) is 10.0. The van der Waals surface area contributed by atoms with Gasteiger partial charge in [-0.05, 0) is 25.2 Å².